The van der Waals surface area contributed by atoms with Crippen LogP contribution in [-0.2, 0) is 14.8 Å². The first-order valence-electron chi connectivity index (χ1n) is 10.4. The lowest BCUT2D eigenvalue weighted by Crippen LogP contribution is -2.44. The van der Waals surface area contributed by atoms with E-state index in [2.05, 4.69) is 11.9 Å². The first-order valence-corrected chi connectivity index (χ1v) is 11.8. The van der Waals surface area contributed by atoms with Crippen LogP contribution < -0.4 is 15.0 Å². The number of carbonyl (C=O) groups is 2. The fourth-order valence-electron chi connectivity index (χ4n) is 3.50. The van der Waals surface area contributed by atoms with Crippen molar-refractivity contribution in [3.63, 3.8) is 0 Å². The maximum Gasteiger partial charge on any atom is 0.268 e. The number of ether oxygens (including phenoxy) is 1. The number of carbonyl (C=O) groups excluding carboxylic acids is 2. The molecular weight excluding hydrogens is 430 g/mol. The molecule has 0 saturated heterocycles. The Morgan fingerprint density at radius 3 is 2.44 bits per heavy atom. The SMILES string of the molecule is C=CCN1C(=O)C(C)Oc2ccc(NC(=O)c3ccc(S(=O)(=O)N(CC)CC)cc3)cc21. The minimum Gasteiger partial charge on any atom is -0.479 e. The molecule has 170 valence electrons. The Bertz CT molecular complexity index is 1120. The highest BCUT2D eigenvalue weighted by molar-refractivity contribution is 7.89. The van der Waals surface area contributed by atoms with Crippen LogP contribution in [0.1, 0.15) is 31.1 Å². The molecule has 0 aliphatic carbocycles. The zero-order valence-electron chi connectivity index (χ0n) is 18.4. The van der Waals surface area contributed by atoms with Crippen molar-refractivity contribution in [2.24, 2.45) is 0 Å². The number of sulfonamides is 1. The maximum absolute atomic E-state index is 12.7. The number of hydrogen-bond donors (Lipinski definition) is 1. The standard InChI is InChI=1S/C23H27N3O5S/c1-5-14-26-20-15-18(10-13-21(20)31-16(4)23(26)28)24-22(27)17-8-11-19(12-9-17)32(29,30)25(6-2)7-3/h5,8-13,15-16H,1,6-7,14H2,2-4H3,(H,24,27). The lowest BCUT2D eigenvalue weighted by atomic mass is 10.1. The molecule has 1 aliphatic heterocycles. The van der Waals surface area contributed by atoms with Crippen LogP contribution in [0.3, 0.4) is 0 Å². The second-order valence-electron chi connectivity index (χ2n) is 7.25. The van der Waals surface area contributed by atoms with Gasteiger partial charge < -0.3 is 15.0 Å². The largest absolute Gasteiger partial charge is 0.479 e. The Morgan fingerprint density at radius 1 is 1.19 bits per heavy atom. The summed E-state index contributed by atoms with van der Waals surface area (Å²) in [6.45, 7) is 9.98. The van der Waals surface area contributed by atoms with Gasteiger partial charge in [-0.05, 0) is 49.4 Å². The van der Waals surface area contributed by atoms with E-state index in [0.717, 1.165) is 0 Å². The second-order valence-corrected chi connectivity index (χ2v) is 9.19. The van der Waals surface area contributed by atoms with Crippen molar-refractivity contribution >= 4 is 33.2 Å². The molecule has 1 atom stereocenters. The molecule has 2 amide bonds. The molecule has 0 bridgehead atoms. The summed E-state index contributed by atoms with van der Waals surface area (Å²) in [5, 5.41) is 2.78. The third-order valence-corrected chi connectivity index (χ3v) is 7.26. The zero-order chi connectivity index (χ0) is 23.5. The average Bonchev–Trinajstić information content (AvgIpc) is 2.78. The minimum absolute atomic E-state index is 0.136. The van der Waals surface area contributed by atoms with E-state index in [1.54, 1.807) is 49.9 Å². The molecule has 0 aromatic heterocycles. The third kappa shape index (κ3) is 4.53. The molecule has 2 aromatic carbocycles. The quantitative estimate of drug-likeness (QED) is 0.614. The van der Waals surface area contributed by atoms with Crippen LogP contribution in [0, 0.1) is 0 Å². The smallest absolute Gasteiger partial charge is 0.268 e. The summed E-state index contributed by atoms with van der Waals surface area (Å²) in [5.74, 6) is -0.0442. The summed E-state index contributed by atoms with van der Waals surface area (Å²) in [4.78, 5) is 26.9. The van der Waals surface area contributed by atoms with E-state index in [9.17, 15) is 18.0 Å². The van der Waals surface area contributed by atoms with Crippen LogP contribution in [0.5, 0.6) is 5.75 Å². The molecule has 1 unspecified atom stereocenters. The van der Waals surface area contributed by atoms with Gasteiger partial charge in [0.1, 0.15) is 5.75 Å². The van der Waals surface area contributed by atoms with Crippen molar-refractivity contribution in [3.05, 3.63) is 60.7 Å². The number of nitrogens with one attached hydrogen (secondary N) is 1. The number of amides is 2. The van der Waals surface area contributed by atoms with Crippen molar-refractivity contribution in [3.8, 4) is 5.75 Å². The predicted octanol–water partition coefficient (Wildman–Crippen LogP) is 3.27. The molecule has 0 radical (unpaired) electrons. The molecular formula is C23H27N3O5S. The molecule has 1 N–H and O–H groups in total. The summed E-state index contributed by atoms with van der Waals surface area (Å²) in [6.07, 6.45) is 1.02. The highest BCUT2D eigenvalue weighted by Gasteiger charge is 2.31. The van der Waals surface area contributed by atoms with Gasteiger partial charge in [0.15, 0.2) is 6.10 Å². The average molecular weight is 458 g/mol. The summed E-state index contributed by atoms with van der Waals surface area (Å²) < 4.78 is 32.2. The Balaban J connectivity index is 1.81. The Labute approximate surface area is 188 Å². The first kappa shape index (κ1) is 23.5. The summed E-state index contributed by atoms with van der Waals surface area (Å²) >= 11 is 0. The predicted molar refractivity (Wildman–Crippen MR) is 124 cm³/mol. The zero-order valence-corrected chi connectivity index (χ0v) is 19.2. The van der Waals surface area contributed by atoms with E-state index in [-0.39, 0.29) is 10.8 Å². The molecule has 8 nitrogen and oxygen atoms in total. The number of nitrogens with zero attached hydrogens (tertiary/aromatic N) is 2. The van der Waals surface area contributed by atoms with Gasteiger partial charge >= 0.3 is 0 Å². The van der Waals surface area contributed by atoms with Crippen LogP contribution in [0.15, 0.2) is 60.0 Å². The number of fused-ring (bicyclic) bond motifs is 1. The molecule has 9 heteroatoms. The van der Waals surface area contributed by atoms with E-state index >= 15 is 0 Å². The summed E-state index contributed by atoms with van der Waals surface area (Å²) in [7, 11) is -3.59. The fraction of sp³-hybridized carbons (Fsp3) is 0.304. The van der Waals surface area contributed by atoms with Crippen LogP contribution in [0.25, 0.3) is 0 Å². The van der Waals surface area contributed by atoms with E-state index in [1.807, 2.05) is 0 Å². The number of rotatable bonds is 8. The Morgan fingerprint density at radius 2 is 1.84 bits per heavy atom. The van der Waals surface area contributed by atoms with Crippen molar-refractivity contribution in [1.82, 2.24) is 4.31 Å². The number of hydrogen-bond acceptors (Lipinski definition) is 5. The van der Waals surface area contributed by atoms with Gasteiger partial charge in [-0.1, -0.05) is 19.9 Å². The Hall–Kier alpha value is -3.17. The topological polar surface area (TPSA) is 96.0 Å². The number of anilines is 2. The first-order chi connectivity index (χ1) is 15.2. The minimum atomic E-state index is -3.59. The number of benzene rings is 2. The maximum atomic E-state index is 12.7. The highest BCUT2D eigenvalue weighted by Crippen LogP contribution is 2.36. The fourth-order valence-corrected chi connectivity index (χ4v) is 4.95. The molecule has 3 rings (SSSR count). The van der Waals surface area contributed by atoms with Crippen molar-refractivity contribution in [2.45, 2.75) is 31.8 Å². The van der Waals surface area contributed by atoms with Gasteiger partial charge in [-0.25, -0.2) is 8.42 Å². The van der Waals surface area contributed by atoms with Gasteiger partial charge in [0.05, 0.1) is 10.6 Å². The van der Waals surface area contributed by atoms with Gasteiger partial charge in [-0.3, -0.25) is 9.59 Å². The highest BCUT2D eigenvalue weighted by atomic mass is 32.2. The van der Waals surface area contributed by atoms with Crippen LogP contribution >= 0.6 is 0 Å². The third-order valence-electron chi connectivity index (χ3n) is 5.20. The molecule has 0 saturated carbocycles. The van der Waals surface area contributed by atoms with Crippen LogP contribution in [-0.4, -0.2) is 50.3 Å². The molecule has 0 spiro atoms. The van der Waals surface area contributed by atoms with Crippen LogP contribution in [0.4, 0.5) is 11.4 Å². The van der Waals surface area contributed by atoms with E-state index < -0.39 is 22.0 Å². The van der Waals surface area contributed by atoms with E-state index in [1.165, 1.54) is 28.6 Å². The van der Waals surface area contributed by atoms with E-state index in [4.69, 9.17) is 4.74 Å². The molecule has 2 aromatic rings. The normalized spacial score (nSPS) is 15.8. The van der Waals surface area contributed by atoms with Gasteiger partial charge in [-0.15, -0.1) is 6.58 Å². The lowest BCUT2D eigenvalue weighted by molar-refractivity contribution is -0.125. The summed E-state index contributed by atoms with van der Waals surface area (Å²) in [6, 6.07) is 10.9. The molecule has 32 heavy (non-hydrogen) atoms. The van der Waals surface area contributed by atoms with Crippen molar-refractivity contribution in [1.29, 1.82) is 0 Å². The van der Waals surface area contributed by atoms with Crippen molar-refractivity contribution in [2.75, 3.05) is 29.9 Å². The Kier molecular flexibility index (Phi) is 7.00. The molecule has 1 heterocycles. The van der Waals surface area contributed by atoms with Crippen molar-refractivity contribution < 1.29 is 22.7 Å². The second kappa shape index (κ2) is 9.54. The van der Waals surface area contributed by atoms with Gasteiger partial charge in [0.25, 0.3) is 11.8 Å². The van der Waals surface area contributed by atoms with Gasteiger partial charge in [0.2, 0.25) is 10.0 Å². The summed E-state index contributed by atoms with van der Waals surface area (Å²) in [5.41, 5.74) is 1.34. The van der Waals surface area contributed by atoms with Gasteiger partial charge in [0, 0.05) is 30.9 Å². The monoisotopic (exact) mass is 457 g/mol. The van der Waals surface area contributed by atoms with Crippen LogP contribution in [0.2, 0.25) is 0 Å². The lowest BCUT2D eigenvalue weighted by Gasteiger charge is -2.32. The van der Waals surface area contributed by atoms with E-state index in [0.29, 0.717) is 42.3 Å². The molecule has 1 aliphatic rings. The van der Waals surface area contributed by atoms with Gasteiger partial charge in [-0.2, -0.15) is 4.31 Å². The molecule has 0 fully saturated rings.